The first-order valence-electron chi connectivity index (χ1n) is 7.09. The number of carbonyl (C=O) groups is 1. The molecule has 0 fully saturated rings. The van der Waals surface area contributed by atoms with Gasteiger partial charge in [-0.1, -0.05) is 53.5 Å². The molecule has 0 saturated carbocycles. The Morgan fingerprint density at radius 3 is 2.54 bits per heavy atom. The van der Waals surface area contributed by atoms with Crippen LogP contribution in [0.25, 0.3) is 0 Å². The first-order chi connectivity index (χ1) is 11.5. The molecule has 8 heteroatoms. The first kappa shape index (κ1) is 18.8. The molecule has 1 N–H and O–H groups in total. The normalized spacial score (nSPS) is 13.1. The van der Waals surface area contributed by atoms with Crippen molar-refractivity contribution in [1.82, 2.24) is 5.09 Å². The summed E-state index contributed by atoms with van der Waals surface area (Å²) in [6.07, 6.45) is 0. The van der Waals surface area contributed by atoms with Gasteiger partial charge in [-0.2, -0.15) is 0 Å². The molecule has 0 aliphatic rings. The van der Waals surface area contributed by atoms with Crippen LogP contribution in [0.5, 0.6) is 5.75 Å². The number of rotatable bonds is 7. The van der Waals surface area contributed by atoms with Crippen LogP contribution in [-0.2, 0) is 20.7 Å². The van der Waals surface area contributed by atoms with E-state index in [0.717, 1.165) is 5.56 Å². The zero-order valence-corrected chi connectivity index (χ0v) is 15.3. The summed E-state index contributed by atoms with van der Waals surface area (Å²) in [5, 5.41) is 3.23. The number of nitrogens with one attached hydrogen (secondary N) is 1. The zero-order chi connectivity index (χ0) is 17.5. The summed E-state index contributed by atoms with van der Waals surface area (Å²) in [7, 11) is -2.70. The molecule has 1 unspecified atom stereocenters. The largest absolute Gasteiger partial charge is 0.460 e. The van der Waals surface area contributed by atoms with Gasteiger partial charge in [0, 0.05) is 6.07 Å². The summed E-state index contributed by atoms with van der Waals surface area (Å²) < 4.78 is 22.3. The van der Waals surface area contributed by atoms with Gasteiger partial charge >= 0.3 is 14.1 Å². The van der Waals surface area contributed by atoms with Gasteiger partial charge in [0.1, 0.15) is 18.4 Å². The van der Waals surface area contributed by atoms with Crippen LogP contribution < -0.4 is 9.61 Å². The molecule has 0 radical (unpaired) electrons. The third-order valence-corrected chi connectivity index (χ3v) is 4.84. The van der Waals surface area contributed by atoms with E-state index in [1.807, 2.05) is 30.3 Å². The SMILES string of the molecule is C[C@H](N[PH](=O)Oc1ccc(Cl)c(Cl)c1)C(=O)OCc1ccccc1. The van der Waals surface area contributed by atoms with E-state index in [4.69, 9.17) is 32.5 Å². The number of hydrogen-bond acceptors (Lipinski definition) is 4. The molecule has 0 saturated heterocycles. The van der Waals surface area contributed by atoms with Gasteiger partial charge in [0.05, 0.1) is 10.0 Å². The monoisotopic (exact) mass is 387 g/mol. The number of hydrogen-bond donors (Lipinski definition) is 1. The van der Waals surface area contributed by atoms with Crippen molar-refractivity contribution in [2.75, 3.05) is 0 Å². The van der Waals surface area contributed by atoms with Crippen molar-refractivity contribution in [3.8, 4) is 5.75 Å². The van der Waals surface area contributed by atoms with Crippen molar-refractivity contribution in [2.45, 2.75) is 19.6 Å². The highest BCUT2D eigenvalue weighted by Gasteiger charge is 2.17. The Hall–Kier alpha value is -1.52. The molecule has 2 aromatic carbocycles. The molecule has 2 atom stereocenters. The van der Waals surface area contributed by atoms with Gasteiger partial charge < -0.3 is 9.26 Å². The fourth-order valence-electron chi connectivity index (χ4n) is 1.77. The van der Waals surface area contributed by atoms with E-state index in [1.165, 1.54) is 18.2 Å². The third-order valence-electron chi connectivity index (χ3n) is 3.01. The van der Waals surface area contributed by atoms with Crippen LogP contribution in [0.15, 0.2) is 48.5 Å². The lowest BCUT2D eigenvalue weighted by atomic mass is 10.2. The molecule has 0 aromatic heterocycles. The molecule has 0 aliphatic carbocycles. The van der Waals surface area contributed by atoms with Crippen molar-refractivity contribution in [3.63, 3.8) is 0 Å². The van der Waals surface area contributed by atoms with Crippen LogP contribution in [-0.4, -0.2) is 12.0 Å². The maximum atomic E-state index is 12.0. The molecule has 0 bridgehead atoms. The van der Waals surface area contributed by atoms with Gasteiger partial charge in [-0.25, -0.2) is 5.09 Å². The lowest BCUT2D eigenvalue weighted by Crippen LogP contribution is -2.31. The minimum absolute atomic E-state index is 0.153. The predicted octanol–water partition coefficient (Wildman–Crippen LogP) is 4.48. The van der Waals surface area contributed by atoms with Crippen LogP contribution in [0.4, 0.5) is 0 Å². The molecule has 2 aromatic rings. The summed E-state index contributed by atoms with van der Waals surface area (Å²) in [5.41, 5.74) is 0.873. The summed E-state index contributed by atoms with van der Waals surface area (Å²) in [4.78, 5) is 11.9. The maximum absolute atomic E-state index is 12.0. The highest BCUT2D eigenvalue weighted by molar-refractivity contribution is 7.37. The van der Waals surface area contributed by atoms with Gasteiger partial charge in [-0.05, 0) is 24.6 Å². The number of esters is 1. The van der Waals surface area contributed by atoms with E-state index >= 15 is 0 Å². The summed E-state index contributed by atoms with van der Waals surface area (Å²) in [6, 6.07) is 13.0. The lowest BCUT2D eigenvalue weighted by Gasteiger charge is -2.14. The van der Waals surface area contributed by atoms with E-state index in [-0.39, 0.29) is 6.61 Å². The molecule has 0 aliphatic heterocycles. The summed E-state index contributed by atoms with van der Waals surface area (Å²) in [6.45, 7) is 1.70. The van der Waals surface area contributed by atoms with E-state index in [2.05, 4.69) is 5.09 Å². The number of halogens is 2. The Labute approximate surface area is 150 Å². The van der Waals surface area contributed by atoms with Gasteiger partial charge in [0.15, 0.2) is 0 Å². The van der Waals surface area contributed by atoms with Gasteiger partial charge in [-0.15, -0.1) is 0 Å². The van der Waals surface area contributed by atoms with Crippen molar-refractivity contribution < 1.29 is 18.6 Å². The second-order valence-electron chi connectivity index (χ2n) is 4.92. The Balaban J connectivity index is 1.81. The van der Waals surface area contributed by atoms with Crippen LogP contribution in [0, 0.1) is 0 Å². The molecule has 24 heavy (non-hydrogen) atoms. The van der Waals surface area contributed by atoms with Crippen molar-refractivity contribution in [1.29, 1.82) is 0 Å². The maximum Gasteiger partial charge on any atom is 0.323 e. The minimum Gasteiger partial charge on any atom is -0.460 e. The molecule has 128 valence electrons. The Kier molecular flexibility index (Phi) is 7.13. The number of benzene rings is 2. The first-order valence-corrected chi connectivity index (χ1v) is 9.17. The predicted molar refractivity (Wildman–Crippen MR) is 94.9 cm³/mol. The summed E-state index contributed by atoms with van der Waals surface area (Å²) >= 11 is 11.6. The molecular formula is C16H16Cl2NO4P. The van der Waals surface area contributed by atoms with Crippen LogP contribution in [0.3, 0.4) is 0 Å². The smallest absolute Gasteiger partial charge is 0.323 e. The van der Waals surface area contributed by atoms with E-state index in [9.17, 15) is 9.36 Å². The zero-order valence-electron chi connectivity index (χ0n) is 12.8. The second-order valence-corrected chi connectivity index (χ2v) is 6.81. The molecule has 5 nitrogen and oxygen atoms in total. The van der Waals surface area contributed by atoms with Gasteiger partial charge in [0.2, 0.25) is 0 Å². The fraction of sp³-hybridized carbons (Fsp3) is 0.188. The van der Waals surface area contributed by atoms with Crippen LogP contribution >= 0.6 is 31.4 Å². The Bertz CT molecular complexity index is 727. The summed E-state index contributed by atoms with van der Waals surface area (Å²) in [5.74, 6) is -0.222. The van der Waals surface area contributed by atoms with Crippen molar-refractivity contribution >= 4 is 37.3 Å². The van der Waals surface area contributed by atoms with E-state index < -0.39 is 20.2 Å². The number of carbonyl (C=O) groups excluding carboxylic acids is 1. The third kappa shape index (κ3) is 5.84. The Morgan fingerprint density at radius 1 is 1.17 bits per heavy atom. The molecular weight excluding hydrogens is 372 g/mol. The van der Waals surface area contributed by atoms with Gasteiger partial charge in [0.25, 0.3) is 0 Å². The standard InChI is InChI=1S/C16H16Cl2NO4P/c1-11(16(20)22-10-12-5-3-2-4-6-12)19-24(21)23-13-7-8-14(17)15(18)9-13/h2-9,11,24H,10H2,1H3,(H,19,21)/t11-/m0/s1. The molecule has 2 rings (SSSR count). The minimum atomic E-state index is -2.70. The average molecular weight is 388 g/mol. The quantitative estimate of drug-likeness (QED) is 0.560. The van der Waals surface area contributed by atoms with Crippen molar-refractivity contribution in [3.05, 3.63) is 64.1 Å². The number of ether oxygens (including phenoxy) is 1. The Morgan fingerprint density at radius 2 is 1.88 bits per heavy atom. The fourth-order valence-corrected chi connectivity index (χ4v) is 2.93. The topological polar surface area (TPSA) is 64.6 Å². The molecule has 0 amide bonds. The van der Waals surface area contributed by atoms with Gasteiger partial charge in [-0.3, -0.25) is 9.36 Å². The second kappa shape index (κ2) is 9.09. The van der Waals surface area contributed by atoms with Crippen LogP contribution in [0.2, 0.25) is 10.0 Å². The van der Waals surface area contributed by atoms with Crippen molar-refractivity contribution in [2.24, 2.45) is 0 Å². The lowest BCUT2D eigenvalue weighted by molar-refractivity contribution is -0.146. The highest BCUT2D eigenvalue weighted by atomic mass is 35.5. The average Bonchev–Trinajstić information content (AvgIpc) is 2.56. The molecule has 0 heterocycles. The highest BCUT2D eigenvalue weighted by Crippen LogP contribution is 2.30. The van der Waals surface area contributed by atoms with E-state index in [1.54, 1.807) is 6.92 Å². The molecule has 0 spiro atoms. The van der Waals surface area contributed by atoms with Crippen LogP contribution in [0.1, 0.15) is 12.5 Å². The van der Waals surface area contributed by atoms with E-state index in [0.29, 0.717) is 15.8 Å².